The molecule has 0 radical (unpaired) electrons. The highest BCUT2D eigenvalue weighted by molar-refractivity contribution is 5.76. The highest BCUT2D eigenvalue weighted by Gasteiger charge is 2.31. The minimum Gasteiger partial charge on any atom is -0.489 e. The Hall–Kier alpha value is -2.15. The van der Waals surface area contributed by atoms with Crippen LogP contribution in [0.4, 0.5) is 5.69 Å². The van der Waals surface area contributed by atoms with Crippen molar-refractivity contribution in [1.29, 1.82) is 0 Å². The predicted octanol–water partition coefficient (Wildman–Crippen LogP) is 1.19. The van der Waals surface area contributed by atoms with E-state index in [-0.39, 0.29) is 23.8 Å². The van der Waals surface area contributed by atoms with Crippen LogP contribution in [-0.2, 0) is 9.53 Å². The van der Waals surface area contributed by atoms with Gasteiger partial charge in [-0.25, -0.2) is 0 Å². The van der Waals surface area contributed by atoms with E-state index in [0.29, 0.717) is 24.3 Å². The normalized spacial score (nSPS) is 21.5. The third kappa shape index (κ3) is 3.05. The van der Waals surface area contributed by atoms with Crippen molar-refractivity contribution in [3.8, 4) is 5.75 Å². The molecule has 0 aromatic heterocycles. The molecule has 1 heterocycles. The number of nitrogens with one attached hydrogen (secondary N) is 1. The highest BCUT2D eigenvalue weighted by Crippen LogP contribution is 2.25. The number of benzene rings is 1. The lowest BCUT2D eigenvalue weighted by atomic mass is 10.2. The maximum atomic E-state index is 11.4. The molecule has 0 saturated carbocycles. The van der Waals surface area contributed by atoms with Gasteiger partial charge in [0.2, 0.25) is 0 Å². The monoisotopic (exact) mass is 280 g/mol. The van der Waals surface area contributed by atoms with Crippen LogP contribution in [0.1, 0.15) is 12.0 Å². The highest BCUT2D eigenvalue weighted by atomic mass is 16.6. The summed E-state index contributed by atoms with van der Waals surface area (Å²) < 4.78 is 10.4. The molecule has 1 fully saturated rings. The van der Waals surface area contributed by atoms with E-state index in [1.54, 1.807) is 19.1 Å². The van der Waals surface area contributed by atoms with Crippen LogP contribution in [-0.4, -0.2) is 36.7 Å². The summed E-state index contributed by atoms with van der Waals surface area (Å²) in [5.41, 5.74) is 0.609. The second kappa shape index (κ2) is 5.87. The molecule has 0 bridgehead atoms. The van der Waals surface area contributed by atoms with Gasteiger partial charge in [-0.15, -0.1) is 0 Å². The predicted molar refractivity (Wildman–Crippen MR) is 70.7 cm³/mol. The molecule has 2 rings (SSSR count). The quantitative estimate of drug-likeness (QED) is 0.506. The van der Waals surface area contributed by atoms with E-state index in [1.807, 2.05) is 0 Å². The molecular formula is C13H16N2O5. The van der Waals surface area contributed by atoms with Gasteiger partial charge in [-0.2, -0.15) is 0 Å². The summed E-state index contributed by atoms with van der Waals surface area (Å²) in [4.78, 5) is 21.7. The standard InChI is InChI=1S/C13H16N2O5/c1-8-5-9(3-4-12(8)15(17)18)20-10-6-11(14-7-10)13(16)19-2/h3-5,10-11,14H,6-7H2,1-2H3/t10-,11-/m1/s1. The van der Waals surface area contributed by atoms with Gasteiger partial charge in [-0.05, 0) is 19.1 Å². The van der Waals surface area contributed by atoms with Gasteiger partial charge in [-0.3, -0.25) is 14.9 Å². The molecule has 0 unspecified atom stereocenters. The first-order chi connectivity index (χ1) is 9.51. The Labute approximate surface area is 116 Å². The first-order valence-electron chi connectivity index (χ1n) is 6.24. The summed E-state index contributed by atoms with van der Waals surface area (Å²) in [5.74, 6) is 0.251. The second-order valence-electron chi connectivity index (χ2n) is 4.66. The fourth-order valence-corrected chi connectivity index (χ4v) is 2.21. The van der Waals surface area contributed by atoms with Crippen LogP contribution in [0, 0.1) is 17.0 Å². The van der Waals surface area contributed by atoms with Gasteiger partial charge >= 0.3 is 5.97 Å². The molecule has 1 aliphatic rings. The number of esters is 1. The summed E-state index contributed by atoms with van der Waals surface area (Å²) in [6, 6.07) is 4.26. The molecule has 2 atom stereocenters. The van der Waals surface area contributed by atoms with Gasteiger partial charge < -0.3 is 14.8 Å². The van der Waals surface area contributed by atoms with E-state index in [1.165, 1.54) is 13.2 Å². The van der Waals surface area contributed by atoms with Crippen molar-refractivity contribution >= 4 is 11.7 Å². The first-order valence-corrected chi connectivity index (χ1v) is 6.24. The number of rotatable bonds is 4. The fraction of sp³-hybridized carbons (Fsp3) is 0.462. The van der Waals surface area contributed by atoms with Crippen molar-refractivity contribution in [3.63, 3.8) is 0 Å². The number of methoxy groups -OCH3 is 1. The summed E-state index contributed by atoms with van der Waals surface area (Å²) in [5, 5.41) is 13.7. The minimum absolute atomic E-state index is 0.0642. The van der Waals surface area contributed by atoms with Crippen molar-refractivity contribution in [1.82, 2.24) is 5.32 Å². The Bertz CT molecular complexity index is 531. The van der Waals surface area contributed by atoms with Crippen molar-refractivity contribution in [2.45, 2.75) is 25.5 Å². The van der Waals surface area contributed by atoms with E-state index in [9.17, 15) is 14.9 Å². The molecule has 1 aliphatic heterocycles. The molecule has 0 amide bonds. The molecular weight excluding hydrogens is 264 g/mol. The molecule has 0 spiro atoms. The van der Waals surface area contributed by atoms with Crippen LogP contribution < -0.4 is 10.1 Å². The van der Waals surface area contributed by atoms with Gasteiger partial charge in [-0.1, -0.05) is 0 Å². The van der Waals surface area contributed by atoms with E-state index in [0.717, 1.165) is 0 Å². The van der Waals surface area contributed by atoms with E-state index in [2.05, 4.69) is 10.1 Å². The molecule has 1 saturated heterocycles. The zero-order valence-electron chi connectivity index (χ0n) is 11.3. The van der Waals surface area contributed by atoms with Crippen molar-refractivity contribution in [3.05, 3.63) is 33.9 Å². The van der Waals surface area contributed by atoms with E-state index < -0.39 is 4.92 Å². The lowest BCUT2D eigenvalue weighted by molar-refractivity contribution is -0.385. The summed E-state index contributed by atoms with van der Waals surface area (Å²) in [7, 11) is 1.35. The average molecular weight is 280 g/mol. The second-order valence-corrected chi connectivity index (χ2v) is 4.66. The largest absolute Gasteiger partial charge is 0.489 e. The summed E-state index contributed by atoms with van der Waals surface area (Å²) in [6.07, 6.45) is 0.364. The number of nitrogens with zero attached hydrogens (tertiary/aromatic N) is 1. The van der Waals surface area contributed by atoms with Crippen LogP contribution in [0.15, 0.2) is 18.2 Å². The van der Waals surface area contributed by atoms with Crippen molar-refractivity contribution < 1.29 is 19.2 Å². The zero-order chi connectivity index (χ0) is 14.7. The third-order valence-electron chi connectivity index (χ3n) is 3.24. The lowest BCUT2D eigenvalue weighted by Gasteiger charge is -2.13. The van der Waals surface area contributed by atoms with Crippen LogP contribution in [0.5, 0.6) is 5.75 Å². The van der Waals surface area contributed by atoms with Crippen LogP contribution in [0.2, 0.25) is 0 Å². The van der Waals surface area contributed by atoms with Crippen LogP contribution in [0.3, 0.4) is 0 Å². The zero-order valence-corrected chi connectivity index (χ0v) is 11.3. The SMILES string of the molecule is COC(=O)[C@H]1C[C@@H](Oc2ccc([N+](=O)[O-])c(C)c2)CN1. The van der Waals surface area contributed by atoms with E-state index >= 15 is 0 Å². The number of carbonyl (C=O) groups excluding carboxylic acids is 1. The fourth-order valence-electron chi connectivity index (χ4n) is 2.21. The first kappa shape index (κ1) is 14.3. The molecule has 108 valence electrons. The Morgan fingerprint density at radius 3 is 2.85 bits per heavy atom. The van der Waals surface area contributed by atoms with Crippen LogP contribution >= 0.6 is 0 Å². The maximum absolute atomic E-state index is 11.4. The van der Waals surface area contributed by atoms with Gasteiger partial charge in [0.1, 0.15) is 17.9 Å². The molecule has 20 heavy (non-hydrogen) atoms. The number of nitro benzene ring substituents is 1. The van der Waals surface area contributed by atoms with Crippen molar-refractivity contribution in [2.24, 2.45) is 0 Å². The third-order valence-corrected chi connectivity index (χ3v) is 3.24. The lowest BCUT2D eigenvalue weighted by Crippen LogP contribution is -2.31. The number of hydrogen-bond acceptors (Lipinski definition) is 6. The number of nitro groups is 1. The van der Waals surface area contributed by atoms with Crippen LogP contribution in [0.25, 0.3) is 0 Å². The molecule has 7 nitrogen and oxygen atoms in total. The van der Waals surface area contributed by atoms with E-state index in [4.69, 9.17) is 4.74 Å². The number of hydrogen-bond donors (Lipinski definition) is 1. The molecule has 1 aromatic rings. The smallest absolute Gasteiger partial charge is 0.323 e. The van der Waals surface area contributed by atoms with Gasteiger partial charge in [0, 0.05) is 24.6 Å². The van der Waals surface area contributed by atoms with Gasteiger partial charge in [0.15, 0.2) is 0 Å². The Kier molecular flexibility index (Phi) is 4.19. The Morgan fingerprint density at radius 2 is 2.25 bits per heavy atom. The molecule has 0 aliphatic carbocycles. The number of ether oxygens (including phenoxy) is 2. The van der Waals surface area contributed by atoms with Gasteiger partial charge in [0.05, 0.1) is 12.0 Å². The maximum Gasteiger partial charge on any atom is 0.323 e. The Balaban J connectivity index is 2.00. The molecule has 7 heteroatoms. The topological polar surface area (TPSA) is 90.7 Å². The summed E-state index contributed by atoms with van der Waals surface area (Å²) in [6.45, 7) is 2.20. The number of carbonyl (C=O) groups is 1. The summed E-state index contributed by atoms with van der Waals surface area (Å²) >= 11 is 0. The molecule has 1 N–H and O–H groups in total. The van der Waals surface area contributed by atoms with Crippen molar-refractivity contribution in [2.75, 3.05) is 13.7 Å². The molecule has 1 aromatic carbocycles. The van der Waals surface area contributed by atoms with Gasteiger partial charge in [0.25, 0.3) is 5.69 Å². The Morgan fingerprint density at radius 1 is 1.50 bits per heavy atom. The minimum atomic E-state index is -0.427. The average Bonchev–Trinajstić information content (AvgIpc) is 2.86. The number of aryl methyl sites for hydroxylation is 1.